The Hall–Kier alpha value is -4.16. The van der Waals surface area contributed by atoms with E-state index in [1.165, 1.54) is 66.1 Å². The van der Waals surface area contributed by atoms with Crippen molar-refractivity contribution in [2.24, 2.45) is 0 Å². The molecule has 0 aliphatic carbocycles. The Morgan fingerprint density at radius 1 is 0.300 bits per heavy atom. The normalized spacial score (nSPS) is 10.0. The summed E-state index contributed by atoms with van der Waals surface area (Å²) in [5, 5.41) is 5.39. The van der Waals surface area contributed by atoms with E-state index in [0.29, 0.717) is 0 Å². The first-order chi connectivity index (χ1) is 19.2. The van der Waals surface area contributed by atoms with Crippen LogP contribution in [0.2, 0.25) is 0 Å². The van der Waals surface area contributed by atoms with E-state index in [4.69, 9.17) is 0 Å². The van der Waals surface area contributed by atoms with Crippen molar-refractivity contribution in [3.05, 3.63) is 166 Å². The first-order valence-corrected chi connectivity index (χ1v) is 14.1. The van der Waals surface area contributed by atoms with Crippen LogP contribution in [0.3, 0.4) is 0 Å². The predicted octanol–water partition coefficient (Wildman–Crippen LogP) is 11.5. The van der Waals surface area contributed by atoms with E-state index >= 15 is 0 Å². The first kappa shape index (κ1) is 30.4. The zero-order chi connectivity index (χ0) is 29.1. The fourth-order valence-corrected chi connectivity index (χ4v) is 4.61. The summed E-state index contributed by atoms with van der Waals surface area (Å²) < 4.78 is 0. The summed E-state index contributed by atoms with van der Waals surface area (Å²) >= 11 is 0. The van der Waals surface area contributed by atoms with Gasteiger partial charge in [-0.05, 0) is 110 Å². The zero-order valence-corrected chi connectivity index (χ0v) is 25.5. The van der Waals surface area contributed by atoms with Crippen molar-refractivity contribution in [2.75, 3.05) is 0 Å². The highest BCUT2D eigenvalue weighted by Gasteiger charge is 2.01. The SMILES string of the molecule is Cc1cc2ccccc2c2ccccc12.Cc1cccc(C)c1.Cc1cccc(C)c1C.Cc1ccccc1C. The molecule has 204 valence electrons. The minimum Gasteiger partial charge on any atom is -0.0620 e. The average Bonchev–Trinajstić information content (AvgIpc) is 2.94. The zero-order valence-electron chi connectivity index (χ0n) is 25.5. The standard InChI is InChI=1S/C15H12.C9H12.2C8H10/c1-11-10-12-6-2-3-8-14(12)15-9-5-4-7-13(11)15;1-7-5-4-6-8(2)9(7)3;1-7-4-3-5-8(2)6-7;1-7-5-3-4-6-8(7)2/h2-10H,1H3;4-6H,1-3H3;2*3-6H,1-2H3. The summed E-state index contributed by atoms with van der Waals surface area (Å²) in [4.78, 5) is 0. The highest BCUT2D eigenvalue weighted by molar-refractivity contribution is 6.08. The van der Waals surface area contributed by atoms with Gasteiger partial charge in [-0.1, -0.05) is 132 Å². The van der Waals surface area contributed by atoms with Crippen molar-refractivity contribution in [1.29, 1.82) is 0 Å². The lowest BCUT2D eigenvalue weighted by Crippen LogP contribution is -1.82. The Kier molecular flexibility index (Phi) is 11.3. The van der Waals surface area contributed by atoms with Crippen LogP contribution in [0.5, 0.6) is 0 Å². The molecule has 0 heteroatoms. The van der Waals surface area contributed by atoms with Gasteiger partial charge in [-0.15, -0.1) is 0 Å². The van der Waals surface area contributed by atoms with Gasteiger partial charge < -0.3 is 0 Å². The molecule has 0 saturated heterocycles. The summed E-state index contributed by atoms with van der Waals surface area (Å²) in [6.45, 7) is 17.1. The quantitative estimate of drug-likeness (QED) is 0.173. The predicted molar refractivity (Wildman–Crippen MR) is 179 cm³/mol. The number of rotatable bonds is 0. The summed E-state index contributed by atoms with van der Waals surface area (Å²) in [5.41, 5.74) is 10.9. The Bertz CT molecular complexity index is 1610. The fourth-order valence-electron chi connectivity index (χ4n) is 4.61. The number of fused-ring (bicyclic) bond motifs is 3. The lowest BCUT2D eigenvalue weighted by molar-refractivity contribution is 1.27. The Morgan fingerprint density at radius 2 is 0.725 bits per heavy atom. The number of hydrogen-bond donors (Lipinski definition) is 0. The van der Waals surface area contributed by atoms with Crippen LogP contribution < -0.4 is 0 Å². The van der Waals surface area contributed by atoms with Gasteiger partial charge in [0.25, 0.3) is 0 Å². The van der Waals surface area contributed by atoms with Gasteiger partial charge in [0.15, 0.2) is 0 Å². The maximum atomic E-state index is 2.26. The second-order valence-electron chi connectivity index (χ2n) is 10.7. The van der Waals surface area contributed by atoms with E-state index in [2.05, 4.69) is 177 Å². The fraction of sp³-hybridized carbons (Fsp3) is 0.200. The Labute approximate surface area is 242 Å². The molecule has 0 bridgehead atoms. The molecular weight excluding hydrogens is 480 g/mol. The molecule has 6 aromatic rings. The van der Waals surface area contributed by atoms with E-state index in [9.17, 15) is 0 Å². The Balaban J connectivity index is 0.000000154. The highest BCUT2D eigenvalue weighted by atomic mass is 14.1. The molecule has 0 unspecified atom stereocenters. The molecule has 6 aromatic carbocycles. The van der Waals surface area contributed by atoms with Crippen molar-refractivity contribution in [3.8, 4) is 0 Å². The molecule has 0 amide bonds. The second-order valence-corrected chi connectivity index (χ2v) is 10.7. The summed E-state index contributed by atoms with van der Waals surface area (Å²) in [6.07, 6.45) is 0. The molecule has 0 nitrogen and oxygen atoms in total. The maximum Gasteiger partial charge on any atom is -0.0103 e. The van der Waals surface area contributed by atoms with E-state index in [-0.39, 0.29) is 0 Å². The summed E-state index contributed by atoms with van der Waals surface area (Å²) in [6, 6.07) is 42.6. The van der Waals surface area contributed by atoms with Crippen LogP contribution in [-0.4, -0.2) is 0 Å². The molecule has 0 aromatic heterocycles. The molecule has 0 N–H and O–H groups in total. The molecule has 0 aliphatic heterocycles. The molecule has 0 fully saturated rings. The molecule has 0 atom stereocenters. The van der Waals surface area contributed by atoms with Crippen molar-refractivity contribution in [1.82, 2.24) is 0 Å². The van der Waals surface area contributed by atoms with E-state index < -0.39 is 0 Å². The first-order valence-electron chi connectivity index (χ1n) is 14.1. The monoisotopic (exact) mass is 524 g/mol. The van der Waals surface area contributed by atoms with Crippen LogP contribution >= 0.6 is 0 Å². The number of aryl methyl sites for hydroxylation is 7. The number of hydrogen-bond acceptors (Lipinski definition) is 0. The molecule has 0 heterocycles. The third-order valence-electron chi connectivity index (χ3n) is 7.45. The van der Waals surface area contributed by atoms with Gasteiger partial charge >= 0.3 is 0 Å². The van der Waals surface area contributed by atoms with Gasteiger partial charge in [-0.3, -0.25) is 0 Å². The highest BCUT2D eigenvalue weighted by Crippen LogP contribution is 2.27. The van der Waals surface area contributed by atoms with Crippen LogP contribution in [0, 0.1) is 55.4 Å². The van der Waals surface area contributed by atoms with E-state index in [1.807, 2.05) is 0 Å². The minimum absolute atomic E-state index is 1.33. The van der Waals surface area contributed by atoms with Gasteiger partial charge in [0.1, 0.15) is 0 Å². The third kappa shape index (κ3) is 8.68. The second kappa shape index (κ2) is 14.8. The van der Waals surface area contributed by atoms with Crippen LogP contribution in [0.25, 0.3) is 21.5 Å². The minimum atomic E-state index is 1.33. The molecule has 0 radical (unpaired) electrons. The van der Waals surface area contributed by atoms with Crippen molar-refractivity contribution < 1.29 is 0 Å². The van der Waals surface area contributed by atoms with Crippen molar-refractivity contribution in [2.45, 2.75) is 55.4 Å². The third-order valence-corrected chi connectivity index (χ3v) is 7.45. The lowest BCUT2D eigenvalue weighted by Gasteiger charge is -2.06. The molecular formula is C40H44. The van der Waals surface area contributed by atoms with Gasteiger partial charge in [-0.2, -0.15) is 0 Å². The van der Waals surface area contributed by atoms with E-state index in [1.54, 1.807) is 0 Å². The smallest absolute Gasteiger partial charge is 0.0103 e. The molecule has 6 rings (SSSR count). The Morgan fingerprint density at radius 3 is 1.20 bits per heavy atom. The molecule has 0 aliphatic rings. The summed E-state index contributed by atoms with van der Waals surface area (Å²) in [7, 11) is 0. The maximum absolute atomic E-state index is 2.26. The largest absolute Gasteiger partial charge is 0.0620 e. The molecule has 40 heavy (non-hydrogen) atoms. The van der Waals surface area contributed by atoms with Crippen LogP contribution in [-0.2, 0) is 0 Å². The van der Waals surface area contributed by atoms with Crippen LogP contribution in [0.4, 0.5) is 0 Å². The van der Waals surface area contributed by atoms with Gasteiger partial charge in [0.05, 0.1) is 0 Å². The number of benzene rings is 6. The van der Waals surface area contributed by atoms with Crippen LogP contribution in [0.15, 0.2) is 121 Å². The molecule has 0 spiro atoms. The van der Waals surface area contributed by atoms with Crippen LogP contribution in [0.1, 0.15) is 44.5 Å². The van der Waals surface area contributed by atoms with Gasteiger partial charge in [0.2, 0.25) is 0 Å². The lowest BCUT2D eigenvalue weighted by atomic mass is 9.98. The van der Waals surface area contributed by atoms with Crippen molar-refractivity contribution >= 4 is 21.5 Å². The van der Waals surface area contributed by atoms with E-state index in [0.717, 1.165) is 0 Å². The topological polar surface area (TPSA) is 0 Å². The molecule has 0 saturated carbocycles. The van der Waals surface area contributed by atoms with Crippen molar-refractivity contribution in [3.63, 3.8) is 0 Å². The van der Waals surface area contributed by atoms with Gasteiger partial charge in [0, 0.05) is 0 Å². The summed E-state index contributed by atoms with van der Waals surface area (Å²) in [5.74, 6) is 0. The van der Waals surface area contributed by atoms with Gasteiger partial charge in [-0.25, -0.2) is 0 Å². The average molecular weight is 525 g/mol.